The number of nitrogens with one attached hydrogen (secondary N) is 1. The quantitative estimate of drug-likeness (QED) is 0.509. The van der Waals surface area contributed by atoms with Crippen LogP contribution < -0.4 is 5.32 Å². The van der Waals surface area contributed by atoms with Gasteiger partial charge < -0.3 is 19.5 Å². The van der Waals surface area contributed by atoms with Crippen LogP contribution in [0.3, 0.4) is 0 Å². The minimum Gasteiger partial charge on any atom is -0.468 e. The maximum Gasteiger partial charge on any atom is 0.320 e. The summed E-state index contributed by atoms with van der Waals surface area (Å²) in [6.07, 6.45) is -0.00709. The molecule has 0 bridgehead atoms. The van der Waals surface area contributed by atoms with Crippen LogP contribution in [0, 0.1) is 0 Å². The van der Waals surface area contributed by atoms with Gasteiger partial charge in [-0.05, 0) is 0 Å². The van der Waals surface area contributed by atoms with Gasteiger partial charge in [-0.2, -0.15) is 0 Å². The molecule has 2 atom stereocenters. The molecule has 0 saturated carbocycles. The maximum atomic E-state index is 11.0. The lowest BCUT2D eigenvalue weighted by atomic mass is 10.3. The molecule has 6 heteroatoms. The highest BCUT2D eigenvalue weighted by atomic mass is 79.9. The molecule has 0 spiro atoms. The first-order chi connectivity index (χ1) is 7.15. The fraction of sp³-hybridized carbons (Fsp3) is 0.889. The van der Waals surface area contributed by atoms with Crippen LogP contribution in [0.1, 0.15) is 0 Å². The Bertz CT molecular complexity index is 179. The summed E-state index contributed by atoms with van der Waals surface area (Å²) in [5, 5.41) is 3.08. The average Bonchev–Trinajstić information content (AvgIpc) is 2.26. The average molecular weight is 284 g/mol. The lowest BCUT2D eigenvalue weighted by Crippen LogP contribution is -2.37. The molecule has 0 aliphatic heterocycles. The largest absolute Gasteiger partial charge is 0.468 e. The third kappa shape index (κ3) is 6.83. The summed E-state index contributed by atoms with van der Waals surface area (Å²) in [6.45, 7) is 1.65. The van der Waals surface area contributed by atoms with Crippen molar-refractivity contribution in [1.82, 2.24) is 5.32 Å². The summed E-state index contributed by atoms with van der Waals surface area (Å²) in [4.78, 5) is 10.7. The second kappa shape index (κ2) is 9.08. The Morgan fingerprint density at radius 3 is 2.47 bits per heavy atom. The first kappa shape index (κ1) is 14.8. The standard InChI is InChI=1S/C9H18BrNO4/c1-13-6-7(14-2)4-11-5-8(10)9(12)15-3/h7-8,11H,4-6H2,1-3H3. The number of carbonyl (C=O) groups excluding carboxylic acids is 1. The normalized spacial score (nSPS) is 14.7. The third-order valence-corrected chi connectivity index (χ3v) is 2.54. The van der Waals surface area contributed by atoms with Crippen molar-refractivity contribution >= 4 is 21.9 Å². The van der Waals surface area contributed by atoms with Gasteiger partial charge in [0.15, 0.2) is 0 Å². The Kier molecular flexibility index (Phi) is 8.98. The summed E-state index contributed by atoms with van der Waals surface area (Å²) in [5.41, 5.74) is 0. The molecule has 0 amide bonds. The summed E-state index contributed by atoms with van der Waals surface area (Å²) in [5.74, 6) is -0.289. The number of rotatable bonds is 8. The molecule has 0 rings (SSSR count). The van der Waals surface area contributed by atoms with Crippen molar-refractivity contribution in [1.29, 1.82) is 0 Å². The van der Waals surface area contributed by atoms with Crippen molar-refractivity contribution < 1.29 is 19.0 Å². The number of methoxy groups -OCH3 is 3. The lowest BCUT2D eigenvalue weighted by Gasteiger charge is -2.16. The van der Waals surface area contributed by atoms with E-state index in [9.17, 15) is 4.79 Å². The van der Waals surface area contributed by atoms with E-state index in [2.05, 4.69) is 26.0 Å². The Morgan fingerprint density at radius 2 is 2.00 bits per heavy atom. The molecular weight excluding hydrogens is 266 g/mol. The molecule has 5 nitrogen and oxygen atoms in total. The van der Waals surface area contributed by atoms with Gasteiger partial charge in [0.25, 0.3) is 0 Å². The maximum absolute atomic E-state index is 11.0. The molecule has 90 valence electrons. The van der Waals surface area contributed by atoms with Crippen LogP contribution >= 0.6 is 15.9 Å². The van der Waals surface area contributed by atoms with E-state index < -0.39 is 0 Å². The van der Waals surface area contributed by atoms with Gasteiger partial charge in [-0.3, -0.25) is 4.79 Å². The van der Waals surface area contributed by atoms with Gasteiger partial charge >= 0.3 is 5.97 Å². The molecule has 0 heterocycles. The fourth-order valence-electron chi connectivity index (χ4n) is 0.978. The Balaban J connectivity index is 3.62. The summed E-state index contributed by atoms with van der Waals surface area (Å²) >= 11 is 3.21. The molecule has 0 aliphatic rings. The first-order valence-corrected chi connectivity index (χ1v) is 5.51. The minimum absolute atomic E-state index is 0.00709. The summed E-state index contributed by atoms with van der Waals surface area (Å²) < 4.78 is 14.7. The molecule has 0 radical (unpaired) electrons. The number of halogens is 1. The van der Waals surface area contributed by atoms with Crippen LogP contribution in [0.4, 0.5) is 0 Å². The molecule has 0 saturated heterocycles. The van der Waals surface area contributed by atoms with Gasteiger partial charge in [-0.15, -0.1) is 0 Å². The molecule has 1 N–H and O–H groups in total. The predicted octanol–water partition coefficient (Wildman–Crippen LogP) is 0.174. The van der Waals surface area contributed by atoms with Gasteiger partial charge in [0, 0.05) is 27.3 Å². The van der Waals surface area contributed by atoms with Crippen molar-refractivity contribution in [2.45, 2.75) is 10.9 Å². The lowest BCUT2D eigenvalue weighted by molar-refractivity contribution is -0.139. The number of esters is 1. The monoisotopic (exact) mass is 283 g/mol. The first-order valence-electron chi connectivity index (χ1n) is 4.60. The zero-order valence-electron chi connectivity index (χ0n) is 9.29. The highest BCUT2D eigenvalue weighted by Crippen LogP contribution is 2.00. The molecule has 15 heavy (non-hydrogen) atoms. The molecule has 2 unspecified atom stereocenters. The highest BCUT2D eigenvalue weighted by Gasteiger charge is 2.15. The topological polar surface area (TPSA) is 56.8 Å². The van der Waals surface area contributed by atoms with Crippen molar-refractivity contribution in [3.63, 3.8) is 0 Å². The van der Waals surface area contributed by atoms with E-state index in [1.165, 1.54) is 7.11 Å². The third-order valence-electron chi connectivity index (χ3n) is 1.84. The van der Waals surface area contributed by atoms with Crippen molar-refractivity contribution in [3.8, 4) is 0 Å². The SMILES string of the molecule is COCC(CNCC(Br)C(=O)OC)OC. The van der Waals surface area contributed by atoms with E-state index in [0.29, 0.717) is 19.7 Å². The van der Waals surface area contributed by atoms with Crippen molar-refractivity contribution in [2.24, 2.45) is 0 Å². The van der Waals surface area contributed by atoms with Gasteiger partial charge in [0.2, 0.25) is 0 Å². The summed E-state index contributed by atoms with van der Waals surface area (Å²) in [6, 6.07) is 0. The zero-order valence-corrected chi connectivity index (χ0v) is 10.9. The van der Waals surface area contributed by atoms with Crippen LogP contribution in [0.25, 0.3) is 0 Å². The van der Waals surface area contributed by atoms with E-state index in [1.54, 1.807) is 14.2 Å². The zero-order chi connectivity index (χ0) is 11.7. The molecule has 0 aromatic heterocycles. The molecule has 0 aromatic rings. The smallest absolute Gasteiger partial charge is 0.320 e. The van der Waals surface area contributed by atoms with Crippen LogP contribution in [0.15, 0.2) is 0 Å². The molecule has 0 aliphatic carbocycles. The Labute approximate surface area is 98.6 Å². The number of hydrogen-bond acceptors (Lipinski definition) is 5. The Hall–Kier alpha value is -0.170. The van der Waals surface area contributed by atoms with Crippen LogP contribution in [-0.4, -0.2) is 57.9 Å². The number of alkyl halides is 1. The molecular formula is C9H18BrNO4. The van der Waals surface area contributed by atoms with E-state index in [-0.39, 0.29) is 16.9 Å². The van der Waals surface area contributed by atoms with Crippen LogP contribution in [0.5, 0.6) is 0 Å². The van der Waals surface area contributed by atoms with E-state index in [0.717, 1.165) is 0 Å². The highest BCUT2D eigenvalue weighted by molar-refractivity contribution is 9.10. The number of hydrogen-bond donors (Lipinski definition) is 1. The van der Waals surface area contributed by atoms with Gasteiger partial charge in [0.1, 0.15) is 4.83 Å². The van der Waals surface area contributed by atoms with Crippen molar-refractivity contribution in [2.75, 3.05) is 41.0 Å². The predicted molar refractivity (Wildman–Crippen MR) is 60.3 cm³/mol. The van der Waals surface area contributed by atoms with Crippen LogP contribution in [0.2, 0.25) is 0 Å². The van der Waals surface area contributed by atoms with Crippen LogP contribution in [-0.2, 0) is 19.0 Å². The molecule has 0 aromatic carbocycles. The van der Waals surface area contributed by atoms with E-state index in [4.69, 9.17) is 9.47 Å². The van der Waals surface area contributed by atoms with Gasteiger partial charge in [-0.25, -0.2) is 0 Å². The van der Waals surface area contributed by atoms with E-state index in [1.807, 2.05) is 0 Å². The Morgan fingerprint density at radius 1 is 1.33 bits per heavy atom. The fourth-order valence-corrected chi connectivity index (χ4v) is 1.39. The second-order valence-electron chi connectivity index (χ2n) is 2.96. The van der Waals surface area contributed by atoms with Gasteiger partial charge in [-0.1, -0.05) is 15.9 Å². The summed E-state index contributed by atoms with van der Waals surface area (Å²) in [7, 11) is 4.60. The van der Waals surface area contributed by atoms with E-state index >= 15 is 0 Å². The molecule has 0 fully saturated rings. The number of ether oxygens (including phenoxy) is 3. The second-order valence-corrected chi connectivity index (χ2v) is 4.07. The number of carbonyl (C=O) groups is 1. The van der Waals surface area contributed by atoms with Gasteiger partial charge in [0.05, 0.1) is 19.8 Å². The minimum atomic E-state index is -0.331. The van der Waals surface area contributed by atoms with Crippen molar-refractivity contribution in [3.05, 3.63) is 0 Å².